The van der Waals surface area contributed by atoms with Gasteiger partial charge in [0.25, 0.3) is 0 Å². The molecule has 0 amide bonds. The summed E-state index contributed by atoms with van der Waals surface area (Å²) in [6.07, 6.45) is -3.94. The number of anilines is 1. The standard InChI is InChI=1S/C19H20F6N8O2S/c1-31-10-14(7-27-31)36(34,35)33-4-2-13(3-5-33)29-17-26-8-15(19(23,24)25)16(30-17)12-6-28-32(9-12)11-18(20,21)22/h6-10,13H,2-5,11H2,1H3,(H,26,29,30). The number of aromatic nitrogens is 6. The van der Waals surface area contributed by atoms with Crippen molar-refractivity contribution in [3.05, 3.63) is 36.5 Å². The summed E-state index contributed by atoms with van der Waals surface area (Å²) in [7, 11) is -2.14. The van der Waals surface area contributed by atoms with Crippen LogP contribution in [0.25, 0.3) is 11.3 Å². The van der Waals surface area contributed by atoms with Gasteiger partial charge in [-0.2, -0.15) is 40.8 Å². The predicted octanol–water partition coefficient (Wildman–Crippen LogP) is 2.92. The highest BCUT2D eigenvalue weighted by Crippen LogP contribution is 2.36. The second-order valence-electron chi connectivity index (χ2n) is 8.17. The molecule has 1 aliphatic rings. The lowest BCUT2D eigenvalue weighted by atomic mass is 10.1. The van der Waals surface area contributed by atoms with Crippen LogP contribution in [0.4, 0.5) is 32.3 Å². The van der Waals surface area contributed by atoms with Gasteiger partial charge in [0.2, 0.25) is 16.0 Å². The van der Waals surface area contributed by atoms with Crippen LogP contribution in [0.15, 0.2) is 35.9 Å². The minimum absolute atomic E-state index is 0.0539. The second kappa shape index (κ2) is 9.34. The first-order valence-electron chi connectivity index (χ1n) is 10.5. The third-order valence-electron chi connectivity index (χ3n) is 5.45. The molecular formula is C19H20F6N8O2S. The van der Waals surface area contributed by atoms with Gasteiger partial charge in [0.15, 0.2) is 0 Å². The van der Waals surface area contributed by atoms with Crippen LogP contribution in [-0.2, 0) is 29.8 Å². The molecule has 0 aliphatic carbocycles. The molecule has 1 N–H and O–H groups in total. The maximum absolute atomic E-state index is 13.5. The Labute approximate surface area is 201 Å². The smallest absolute Gasteiger partial charge is 0.351 e. The first-order valence-corrected chi connectivity index (χ1v) is 12.0. The molecule has 3 aromatic heterocycles. The number of nitrogens with one attached hydrogen (secondary N) is 1. The van der Waals surface area contributed by atoms with Gasteiger partial charge in [-0.25, -0.2) is 18.4 Å². The number of halogens is 6. The molecule has 4 rings (SSSR count). The van der Waals surface area contributed by atoms with Crippen molar-refractivity contribution in [1.29, 1.82) is 0 Å². The van der Waals surface area contributed by atoms with E-state index in [-0.39, 0.29) is 35.5 Å². The monoisotopic (exact) mass is 538 g/mol. The molecule has 17 heteroatoms. The van der Waals surface area contributed by atoms with E-state index in [2.05, 4.69) is 25.5 Å². The molecule has 36 heavy (non-hydrogen) atoms. The molecule has 4 heterocycles. The topological polar surface area (TPSA) is 111 Å². The molecular weight excluding hydrogens is 518 g/mol. The van der Waals surface area contributed by atoms with E-state index < -0.39 is 40.2 Å². The van der Waals surface area contributed by atoms with Crippen molar-refractivity contribution in [3.63, 3.8) is 0 Å². The van der Waals surface area contributed by atoms with Gasteiger partial charge in [0, 0.05) is 50.3 Å². The molecule has 1 saturated heterocycles. The SMILES string of the molecule is Cn1cc(S(=O)(=O)N2CCC(Nc3ncc(C(F)(F)F)c(-c4cnn(CC(F)(F)F)c4)n3)CC2)cn1. The maximum atomic E-state index is 13.5. The van der Waals surface area contributed by atoms with E-state index in [9.17, 15) is 34.8 Å². The van der Waals surface area contributed by atoms with Crippen LogP contribution in [0.3, 0.4) is 0 Å². The minimum Gasteiger partial charge on any atom is -0.351 e. The fourth-order valence-electron chi connectivity index (χ4n) is 3.74. The summed E-state index contributed by atoms with van der Waals surface area (Å²) in [5.74, 6) is -0.171. The number of alkyl halides is 6. The van der Waals surface area contributed by atoms with Gasteiger partial charge in [-0.05, 0) is 12.8 Å². The number of nitrogens with zero attached hydrogens (tertiary/aromatic N) is 7. The van der Waals surface area contributed by atoms with E-state index in [1.165, 1.54) is 21.4 Å². The van der Waals surface area contributed by atoms with Crippen molar-refractivity contribution in [2.45, 2.75) is 42.7 Å². The number of rotatable bonds is 6. The minimum atomic E-state index is -4.86. The van der Waals surface area contributed by atoms with Crippen LogP contribution in [0.2, 0.25) is 0 Å². The molecule has 0 aromatic carbocycles. The Bertz CT molecular complexity index is 1330. The van der Waals surface area contributed by atoms with Crippen LogP contribution in [0, 0.1) is 0 Å². The Hall–Kier alpha value is -3.21. The second-order valence-corrected chi connectivity index (χ2v) is 10.1. The number of piperidine rings is 1. The largest absolute Gasteiger partial charge is 0.419 e. The summed E-state index contributed by atoms with van der Waals surface area (Å²) in [6, 6.07) is -0.345. The lowest BCUT2D eigenvalue weighted by Gasteiger charge is -2.31. The molecule has 0 unspecified atom stereocenters. The summed E-state index contributed by atoms with van der Waals surface area (Å²) in [5.41, 5.74) is -2.10. The van der Waals surface area contributed by atoms with Gasteiger partial charge in [-0.15, -0.1) is 0 Å². The maximum Gasteiger partial charge on any atom is 0.419 e. The highest BCUT2D eigenvalue weighted by Gasteiger charge is 2.37. The Kier molecular flexibility index (Phi) is 6.72. The molecule has 1 fully saturated rings. The van der Waals surface area contributed by atoms with Crippen molar-refractivity contribution in [1.82, 2.24) is 33.8 Å². The normalized spacial score (nSPS) is 16.4. The lowest BCUT2D eigenvalue weighted by molar-refractivity contribution is -0.142. The molecule has 10 nitrogen and oxygen atoms in total. The van der Waals surface area contributed by atoms with E-state index in [4.69, 9.17) is 0 Å². The van der Waals surface area contributed by atoms with Gasteiger partial charge >= 0.3 is 12.4 Å². The fraction of sp³-hybridized carbons (Fsp3) is 0.474. The third-order valence-corrected chi connectivity index (χ3v) is 7.30. The Morgan fingerprint density at radius 1 is 1.03 bits per heavy atom. The summed E-state index contributed by atoms with van der Waals surface area (Å²) in [4.78, 5) is 7.68. The van der Waals surface area contributed by atoms with Crippen molar-refractivity contribution in [2.75, 3.05) is 18.4 Å². The summed E-state index contributed by atoms with van der Waals surface area (Å²) in [6.45, 7) is -1.18. The number of hydrogen-bond acceptors (Lipinski definition) is 7. The number of sulfonamides is 1. The molecule has 1 aliphatic heterocycles. The van der Waals surface area contributed by atoms with E-state index >= 15 is 0 Å². The highest BCUT2D eigenvalue weighted by atomic mass is 32.2. The van der Waals surface area contributed by atoms with Gasteiger partial charge in [0.1, 0.15) is 17.0 Å². The van der Waals surface area contributed by atoms with Crippen molar-refractivity contribution in [3.8, 4) is 11.3 Å². The summed E-state index contributed by atoms with van der Waals surface area (Å²) >= 11 is 0. The Balaban J connectivity index is 1.50. The zero-order valence-electron chi connectivity index (χ0n) is 18.6. The predicted molar refractivity (Wildman–Crippen MR) is 113 cm³/mol. The van der Waals surface area contributed by atoms with Gasteiger partial charge in [-0.1, -0.05) is 0 Å². The third kappa shape index (κ3) is 5.77. The van der Waals surface area contributed by atoms with Gasteiger partial charge in [-0.3, -0.25) is 9.36 Å². The summed E-state index contributed by atoms with van der Waals surface area (Å²) < 4.78 is 107. The van der Waals surface area contributed by atoms with Crippen molar-refractivity contribution >= 4 is 16.0 Å². The quantitative estimate of drug-likeness (QED) is 0.481. The van der Waals surface area contributed by atoms with Crippen LogP contribution < -0.4 is 5.32 Å². The summed E-state index contributed by atoms with van der Waals surface area (Å²) in [5, 5.41) is 10.2. The molecule has 0 radical (unpaired) electrons. The van der Waals surface area contributed by atoms with E-state index in [0.29, 0.717) is 23.7 Å². The fourth-order valence-corrected chi connectivity index (χ4v) is 5.19. The average Bonchev–Trinajstić information content (AvgIpc) is 3.41. The van der Waals surface area contributed by atoms with E-state index in [0.717, 1.165) is 12.4 Å². The Morgan fingerprint density at radius 3 is 2.31 bits per heavy atom. The molecule has 0 bridgehead atoms. The Morgan fingerprint density at radius 2 is 1.72 bits per heavy atom. The van der Waals surface area contributed by atoms with Crippen molar-refractivity contribution in [2.24, 2.45) is 7.05 Å². The first-order chi connectivity index (χ1) is 16.7. The van der Waals surface area contributed by atoms with Crippen LogP contribution in [-0.4, -0.2) is 67.6 Å². The van der Waals surface area contributed by atoms with Gasteiger partial charge < -0.3 is 5.32 Å². The zero-order valence-corrected chi connectivity index (χ0v) is 19.4. The lowest BCUT2D eigenvalue weighted by Crippen LogP contribution is -2.42. The highest BCUT2D eigenvalue weighted by molar-refractivity contribution is 7.89. The first kappa shape index (κ1) is 25.9. The number of aryl methyl sites for hydroxylation is 1. The van der Waals surface area contributed by atoms with E-state index in [1.54, 1.807) is 7.05 Å². The van der Waals surface area contributed by atoms with E-state index in [1.807, 2.05) is 0 Å². The van der Waals surface area contributed by atoms with Crippen LogP contribution >= 0.6 is 0 Å². The molecule has 0 atom stereocenters. The van der Waals surface area contributed by atoms with Crippen LogP contribution in [0.5, 0.6) is 0 Å². The molecule has 3 aromatic rings. The van der Waals surface area contributed by atoms with Crippen LogP contribution in [0.1, 0.15) is 18.4 Å². The molecule has 0 spiro atoms. The van der Waals surface area contributed by atoms with Crippen molar-refractivity contribution < 1.29 is 34.8 Å². The molecule has 0 saturated carbocycles. The van der Waals surface area contributed by atoms with Gasteiger partial charge in [0.05, 0.1) is 18.1 Å². The average molecular weight is 538 g/mol. The molecule has 196 valence electrons. The number of hydrogen-bond donors (Lipinski definition) is 1. The zero-order chi connectivity index (χ0) is 26.3.